The molecule has 0 atom stereocenters. The molecule has 0 aliphatic carbocycles. The lowest BCUT2D eigenvalue weighted by Crippen LogP contribution is -1.99. The molecule has 2 aromatic heterocycles. The number of aryl methyl sites for hydroxylation is 2. The molecule has 3 aromatic rings. The highest BCUT2D eigenvalue weighted by molar-refractivity contribution is 6.35. The number of nitrogens with zero attached hydrogens (tertiary/aromatic N) is 1. The molecule has 0 unspecified atom stereocenters. The van der Waals surface area contributed by atoms with Crippen LogP contribution < -0.4 is 4.74 Å². The molecule has 0 radical (unpaired) electrons. The molecule has 0 saturated carbocycles. The zero-order valence-electron chi connectivity index (χ0n) is 11.7. The lowest BCUT2D eigenvalue weighted by Gasteiger charge is -2.09. The Morgan fingerprint density at radius 3 is 2.57 bits per heavy atom. The molecule has 3 nitrogen and oxygen atoms in total. The average Bonchev–Trinajstić information content (AvgIpc) is 2.75. The van der Waals surface area contributed by atoms with Crippen LogP contribution in [0.15, 0.2) is 30.5 Å². The molecule has 2 heterocycles. The first-order valence-corrected chi connectivity index (χ1v) is 7.33. The van der Waals surface area contributed by atoms with E-state index in [9.17, 15) is 0 Å². The summed E-state index contributed by atoms with van der Waals surface area (Å²) in [5, 5.41) is 2.30. The van der Waals surface area contributed by atoms with Crippen molar-refractivity contribution in [2.75, 3.05) is 0 Å². The first-order valence-electron chi connectivity index (χ1n) is 6.57. The Labute approximate surface area is 132 Å². The number of pyridine rings is 1. The quantitative estimate of drug-likeness (QED) is 0.732. The minimum absolute atomic E-state index is 0.279. The summed E-state index contributed by atoms with van der Waals surface area (Å²) in [6, 6.07) is 7.38. The van der Waals surface area contributed by atoms with Gasteiger partial charge in [0.1, 0.15) is 12.1 Å². The van der Waals surface area contributed by atoms with E-state index in [0.29, 0.717) is 15.9 Å². The van der Waals surface area contributed by atoms with Crippen LogP contribution in [0.5, 0.6) is 5.88 Å². The normalized spacial score (nSPS) is 11.0. The Kier molecular flexibility index (Phi) is 3.79. The van der Waals surface area contributed by atoms with Gasteiger partial charge in [0.05, 0.1) is 0 Å². The predicted molar refractivity (Wildman–Crippen MR) is 86.4 cm³/mol. The van der Waals surface area contributed by atoms with E-state index in [1.54, 1.807) is 18.3 Å². The number of aromatic nitrogens is 2. The van der Waals surface area contributed by atoms with E-state index < -0.39 is 0 Å². The molecule has 1 N–H and O–H groups in total. The maximum atomic E-state index is 6.15. The van der Waals surface area contributed by atoms with Gasteiger partial charge in [0.25, 0.3) is 0 Å². The van der Waals surface area contributed by atoms with Gasteiger partial charge in [0.15, 0.2) is 0 Å². The zero-order chi connectivity index (χ0) is 15.0. The fraction of sp³-hybridized carbons (Fsp3) is 0.188. The second-order valence-electron chi connectivity index (χ2n) is 4.90. The van der Waals surface area contributed by atoms with Crippen molar-refractivity contribution in [3.63, 3.8) is 0 Å². The molecule has 0 aliphatic rings. The van der Waals surface area contributed by atoms with Crippen LogP contribution in [0.3, 0.4) is 0 Å². The average molecular weight is 321 g/mol. The number of fused-ring (bicyclic) bond motifs is 1. The van der Waals surface area contributed by atoms with Gasteiger partial charge in [-0.15, -0.1) is 0 Å². The minimum Gasteiger partial charge on any atom is -0.471 e. The second-order valence-corrected chi connectivity index (χ2v) is 5.72. The molecule has 0 spiro atoms. The third kappa shape index (κ3) is 2.59. The molecular weight excluding hydrogens is 307 g/mol. The first-order chi connectivity index (χ1) is 10.1. The van der Waals surface area contributed by atoms with Gasteiger partial charge in [-0.1, -0.05) is 29.3 Å². The van der Waals surface area contributed by atoms with Crippen LogP contribution in [-0.2, 0) is 6.61 Å². The van der Waals surface area contributed by atoms with E-state index in [0.717, 1.165) is 22.2 Å². The second kappa shape index (κ2) is 5.58. The van der Waals surface area contributed by atoms with E-state index in [2.05, 4.69) is 16.9 Å². The largest absolute Gasteiger partial charge is 0.471 e. The summed E-state index contributed by atoms with van der Waals surface area (Å²) < 4.78 is 5.82. The minimum atomic E-state index is 0.279. The van der Waals surface area contributed by atoms with Crippen molar-refractivity contribution in [1.82, 2.24) is 9.97 Å². The molecule has 5 heteroatoms. The Morgan fingerprint density at radius 2 is 1.86 bits per heavy atom. The number of nitrogens with one attached hydrogen (secondary N) is 1. The summed E-state index contributed by atoms with van der Waals surface area (Å²) >= 11 is 12.3. The van der Waals surface area contributed by atoms with E-state index >= 15 is 0 Å². The first kappa shape index (κ1) is 14.2. The van der Waals surface area contributed by atoms with Crippen LogP contribution in [0.2, 0.25) is 10.0 Å². The molecule has 0 bridgehead atoms. The molecule has 0 fully saturated rings. The monoisotopic (exact) mass is 320 g/mol. The fourth-order valence-electron chi connectivity index (χ4n) is 2.28. The summed E-state index contributed by atoms with van der Waals surface area (Å²) in [6.45, 7) is 4.38. The van der Waals surface area contributed by atoms with Gasteiger partial charge in [-0.2, -0.15) is 0 Å². The van der Waals surface area contributed by atoms with Crippen molar-refractivity contribution in [2.45, 2.75) is 20.5 Å². The van der Waals surface area contributed by atoms with Crippen LogP contribution in [0.25, 0.3) is 10.9 Å². The van der Waals surface area contributed by atoms with Gasteiger partial charge in [-0.25, -0.2) is 4.98 Å². The Morgan fingerprint density at radius 1 is 1.14 bits per heavy atom. The van der Waals surface area contributed by atoms with Crippen molar-refractivity contribution in [2.24, 2.45) is 0 Å². The topological polar surface area (TPSA) is 37.9 Å². The van der Waals surface area contributed by atoms with Crippen LogP contribution in [0.4, 0.5) is 0 Å². The van der Waals surface area contributed by atoms with Crippen molar-refractivity contribution in [3.8, 4) is 5.88 Å². The number of halogens is 2. The maximum absolute atomic E-state index is 6.15. The Bertz CT molecular complexity index is 791. The standard InChI is InChI=1S/C16H14Cl2N2O/c1-9-10(2)20-15-11(9)6-7-19-16(15)21-8-12-13(17)4-3-5-14(12)18/h3-7,20H,8H2,1-2H3. The molecule has 21 heavy (non-hydrogen) atoms. The summed E-state index contributed by atoms with van der Waals surface area (Å²) in [4.78, 5) is 7.60. The van der Waals surface area contributed by atoms with Crippen molar-refractivity contribution < 1.29 is 4.74 Å². The summed E-state index contributed by atoms with van der Waals surface area (Å²) in [5.41, 5.74) is 3.97. The number of rotatable bonds is 3. The van der Waals surface area contributed by atoms with Crippen LogP contribution in [0, 0.1) is 13.8 Å². The van der Waals surface area contributed by atoms with Gasteiger partial charge in [0, 0.05) is 32.9 Å². The highest BCUT2D eigenvalue weighted by atomic mass is 35.5. The number of hydrogen-bond acceptors (Lipinski definition) is 2. The highest BCUT2D eigenvalue weighted by Gasteiger charge is 2.12. The summed E-state index contributed by atoms with van der Waals surface area (Å²) in [5.74, 6) is 0.555. The lowest BCUT2D eigenvalue weighted by atomic mass is 10.2. The molecular formula is C16H14Cl2N2O. The Balaban J connectivity index is 1.94. The molecule has 108 valence electrons. The number of H-pyrrole nitrogens is 1. The zero-order valence-corrected chi connectivity index (χ0v) is 13.2. The van der Waals surface area contributed by atoms with Crippen LogP contribution in [-0.4, -0.2) is 9.97 Å². The lowest BCUT2D eigenvalue weighted by molar-refractivity contribution is 0.297. The van der Waals surface area contributed by atoms with E-state index in [-0.39, 0.29) is 6.61 Å². The van der Waals surface area contributed by atoms with Gasteiger partial charge in [-0.3, -0.25) is 0 Å². The SMILES string of the molecule is Cc1[nH]c2c(OCc3c(Cl)cccc3Cl)nccc2c1C. The van der Waals surface area contributed by atoms with Crippen LogP contribution in [0.1, 0.15) is 16.8 Å². The van der Waals surface area contributed by atoms with Gasteiger partial charge >= 0.3 is 0 Å². The number of benzene rings is 1. The van der Waals surface area contributed by atoms with Crippen molar-refractivity contribution >= 4 is 34.1 Å². The molecule has 3 rings (SSSR count). The molecule has 0 saturated heterocycles. The van der Waals surface area contributed by atoms with Crippen molar-refractivity contribution in [3.05, 3.63) is 57.3 Å². The number of hydrogen-bond donors (Lipinski definition) is 1. The summed E-state index contributed by atoms with van der Waals surface area (Å²) in [7, 11) is 0. The molecule has 0 amide bonds. The molecule has 0 aliphatic heterocycles. The van der Waals surface area contributed by atoms with Gasteiger partial charge in [-0.05, 0) is 37.6 Å². The maximum Gasteiger partial charge on any atom is 0.238 e. The molecule has 1 aromatic carbocycles. The highest BCUT2D eigenvalue weighted by Crippen LogP contribution is 2.29. The third-order valence-electron chi connectivity index (χ3n) is 3.61. The van der Waals surface area contributed by atoms with Gasteiger partial charge in [0.2, 0.25) is 5.88 Å². The van der Waals surface area contributed by atoms with Crippen molar-refractivity contribution in [1.29, 1.82) is 0 Å². The smallest absolute Gasteiger partial charge is 0.238 e. The Hall–Kier alpha value is -1.71. The number of ether oxygens (including phenoxy) is 1. The summed E-state index contributed by atoms with van der Waals surface area (Å²) in [6.07, 6.45) is 1.74. The fourth-order valence-corrected chi connectivity index (χ4v) is 2.79. The number of aromatic amines is 1. The van der Waals surface area contributed by atoms with E-state index in [4.69, 9.17) is 27.9 Å². The van der Waals surface area contributed by atoms with E-state index in [1.807, 2.05) is 19.1 Å². The third-order valence-corrected chi connectivity index (χ3v) is 4.32. The predicted octanol–water partition coefficient (Wildman–Crippen LogP) is 5.07. The van der Waals surface area contributed by atoms with E-state index in [1.165, 1.54) is 5.56 Å². The van der Waals surface area contributed by atoms with Crippen LogP contribution >= 0.6 is 23.2 Å². The van der Waals surface area contributed by atoms with Gasteiger partial charge < -0.3 is 9.72 Å².